The SMILES string of the molecule is C=C1NCCc2cc(-c3cc(-c4ccc(OC5CCNCC5)c(F)c4F)c(F)nc3N)ccc21. The number of nitrogens with two attached hydrogens (primary N) is 1. The van der Waals surface area contributed by atoms with Crippen LogP contribution in [0.25, 0.3) is 28.0 Å². The van der Waals surface area contributed by atoms with Crippen LogP contribution in [0.1, 0.15) is 24.0 Å². The Hall–Kier alpha value is -3.52. The van der Waals surface area contributed by atoms with Gasteiger partial charge in [0, 0.05) is 34.5 Å². The molecule has 1 fully saturated rings. The van der Waals surface area contributed by atoms with Gasteiger partial charge in [-0.25, -0.2) is 9.37 Å². The second kappa shape index (κ2) is 9.02. The number of ether oxygens (including phenoxy) is 1. The van der Waals surface area contributed by atoms with Crippen LogP contribution in [0.4, 0.5) is 19.0 Å². The average molecular weight is 467 g/mol. The van der Waals surface area contributed by atoms with Crippen LogP contribution in [0.2, 0.25) is 0 Å². The Kier molecular flexibility index (Phi) is 5.91. The molecule has 0 atom stereocenters. The number of aromatic nitrogens is 1. The van der Waals surface area contributed by atoms with Crippen molar-refractivity contribution in [2.45, 2.75) is 25.4 Å². The van der Waals surface area contributed by atoms with E-state index in [0.717, 1.165) is 42.9 Å². The van der Waals surface area contributed by atoms with E-state index in [0.29, 0.717) is 24.0 Å². The first kappa shape index (κ1) is 22.3. The van der Waals surface area contributed by atoms with Crippen molar-refractivity contribution in [1.82, 2.24) is 15.6 Å². The maximum Gasteiger partial charge on any atom is 0.222 e. The lowest BCUT2D eigenvalue weighted by molar-refractivity contribution is 0.154. The van der Waals surface area contributed by atoms with Crippen molar-refractivity contribution >= 4 is 11.5 Å². The zero-order chi connectivity index (χ0) is 23.8. The zero-order valence-electron chi connectivity index (χ0n) is 18.6. The van der Waals surface area contributed by atoms with Crippen molar-refractivity contribution in [1.29, 1.82) is 0 Å². The smallest absolute Gasteiger partial charge is 0.222 e. The second-order valence-corrected chi connectivity index (χ2v) is 8.59. The molecule has 0 bridgehead atoms. The molecule has 0 aliphatic carbocycles. The normalized spacial score (nSPS) is 16.1. The molecule has 0 saturated carbocycles. The second-order valence-electron chi connectivity index (χ2n) is 8.59. The Balaban J connectivity index is 1.52. The summed E-state index contributed by atoms with van der Waals surface area (Å²) in [5.74, 6) is -3.51. The summed E-state index contributed by atoms with van der Waals surface area (Å²) in [6, 6.07) is 9.76. The van der Waals surface area contributed by atoms with E-state index in [-0.39, 0.29) is 28.8 Å². The number of nitrogens with one attached hydrogen (secondary N) is 2. The zero-order valence-corrected chi connectivity index (χ0v) is 18.6. The fourth-order valence-electron chi connectivity index (χ4n) is 4.55. The van der Waals surface area contributed by atoms with Crippen LogP contribution in [0.15, 0.2) is 43.0 Å². The van der Waals surface area contributed by atoms with Gasteiger partial charge >= 0.3 is 0 Å². The number of piperidine rings is 1. The van der Waals surface area contributed by atoms with E-state index in [1.54, 1.807) is 0 Å². The quantitative estimate of drug-likeness (QED) is 0.488. The number of anilines is 1. The van der Waals surface area contributed by atoms with Crippen LogP contribution >= 0.6 is 0 Å². The van der Waals surface area contributed by atoms with Crippen LogP contribution in [-0.4, -0.2) is 30.7 Å². The number of pyridine rings is 1. The molecule has 3 aromatic rings. The summed E-state index contributed by atoms with van der Waals surface area (Å²) < 4.78 is 50.4. The summed E-state index contributed by atoms with van der Waals surface area (Å²) in [6.45, 7) is 6.28. The predicted octanol–water partition coefficient (Wildman–Crippen LogP) is 4.66. The molecule has 2 aliphatic rings. The van der Waals surface area contributed by atoms with Gasteiger partial charge in [0.1, 0.15) is 11.9 Å². The maximum atomic E-state index is 15.1. The molecule has 2 aromatic carbocycles. The summed E-state index contributed by atoms with van der Waals surface area (Å²) in [5.41, 5.74) is 9.69. The van der Waals surface area contributed by atoms with Crippen LogP contribution in [0.3, 0.4) is 0 Å². The third-order valence-electron chi connectivity index (χ3n) is 6.40. The van der Waals surface area contributed by atoms with Crippen molar-refractivity contribution in [3.05, 3.63) is 71.7 Å². The Labute approximate surface area is 195 Å². The predicted molar refractivity (Wildman–Crippen MR) is 127 cm³/mol. The molecule has 5 rings (SSSR count). The molecule has 3 heterocycles. The molecule has 176 valence electrons. The van der Waals surface area contributed by atoms with Crippen molar-refractivity contribution in [2.24, 2.45) is 0 Å². The highest BCUT2D eigenvalue weighted by molar-refractivity contribution is 5.81. The van der Waals surface area contributed by atoms with E-state index in [9.17, 15) is 8.78 Å². The van der Waals surface area contributed by atoms with E-state index >= 15 is 4.39 Å². The van der Waals surface area contributed by atoms with Crippen LogP contribution in [-0.2, 0) is 6.42 Å². The first-order valence-electron chi connectivity index (χ1n) is 11.3. The molecule has 8 heteroatoms. The molecular weight excluding hydrogens is 441 g/mol. The van der Waals surface area contributed by atoms with E-state index in [2.05, 4.69) is 22.2 Å². The van der Waals surface area contributed by atoms with Crippen LogP contribution < -0.4 is 21.1 Å². The first-order valence-corrected chi connectivity index (χ1v) is 11.3. The van der Waals surface area contributed by atoms with Gasteiger partial charge in [0.2, 0.25) is 11.8 Å². The van der Waals surface area contributed by atoms with Gasteiger partial charge in [-0.05, 0) is 61.7 Å². The number of fused-ring (bicyclic) bond motifs is 1. The molecule has 0 spiro atoms. The van der Waals surface area contributed by atoms with Gasteiger partial charge in [-0.15, -0.1) is 0 Å². The molecule has 4 N–H and O–H groups in total. The highest BCUT2D eigenvalue weighted by Gasteiger charge is 2.23. The average Bonchev–Trinajstić information content (AvgIpc) is 2.83. The minimum absolute atomic E-state index is 0.0271. The van der Waals surface area contributed by atoms with E-state index < -0.39 is 17.6 Å². The molecule has 1 saturated heterocycles. The number of nitrogens with zero attached hydrogens (tertiary/aromatic N) is 1. The molecule has 5 nitrogen and oxygen atoms in total. The van der Waals surface area contributed by atoms with Crippen molar-refractivity contribution in [3.63, 3.8) is 0 Å². The summed E-state index contributed by atoms with van der Waals surface area (Å²) >= 11 is 0. The van der Waals surface area contributed by atoms with E-state index in [1.807, 2.05) is 18.2 Å². The third kappa shape index (κ3) is 4.09. The Morgan fingerprint density at radius 2 is 1.68 bits per heavy atom. The monoisotopic (exact) mass is 466 g/mol. The highest BCUT2D eigenvalue weighted by Crippen LogP contribution is 2.37. The standard InChI is InChI=1S/C26H25F3N4O/c1-14-18-3-2-15(12-16(18)6-11-32-14)20-13-21(25(29)33-26(20)30)19-4-5-22(24(28)23(19)27)34-17-7-9-31-10-8-17/h2-5,12-13,17,31-32H,1,6-11H2,(H2,30,33). The maximum absolute atomic E-state index is 15.1. The van der Waals surface area contributed by atoms with E-state index in [1.165, 1.54) is 18.2 Å². The molecule has 0 amide bonds. The molecule has 0 radical (unpaired) electrons. The number of benzene rings is 2. The van der Waals surface area contributed by atoms with Crippen LogP contribution in [0, 0.1) is 17.6 Å². The number of nitrogen functional groups attached to an aromatic ring is 1. The molecule has 0 unspecified atom stereocenters. The van der Waals surface area contributed by atoms with Gasteiger partial charge in [-0.1, -0.05) is 24.8 Å². The summed E-state index contributed by atoms with van der Waals surface area (Å²) in [5, 5.41) is 6.41. The summed E-state index contributed by atoms with van der Waals surface area (Å²) in [7, 11) is 0. The Morgan fingerprint density at radius 1 is 0.912 bits per heavy atom. The van der Waals surface area contributed by atoms with Crippen LogP contribution in [0.5, 0.6) is 5.75 Å². The van der Waals surface area contributed by atoms with E-state index in [4.69, 9.17) is 10.5 Å². The molecule has 1 aromatic heterocycles. The van der Waals surface area contributed by atoms with Gasteiger partial charge < -0.3 is 21.1 Å². The minimum atomic E-state index is -1.18. The third-order valence-corrected chi connectivity index (χ3v) is 6.40. The number of halogens is 3. The molecule has 2 aliphatic heterocycles. The van der Waals surface area contributed by atoms with Gasteiger partial charge in [0.05, 0.1) is 0 Å². The van der Waals surface area contributed by atoms with Gasteiger partial charge in [0.25, 0.3) is 0 Å². The lowest BCUT2D eigenvalue weighted by Gasteiger charge is -2.24. The molecular formula is C26H25F3N4O. The van der Waals surface area contributed by atoms with Gasteiger partial charge in [0.15, 0.2) is 11.6 Å². The molecule has 34 heavy (non-hydrogen) atoms. The van der Waals surface area contributed by atoms with Gasteiger partial charge in [-0.2, -0.15) is 8.78 Å². The lowest BCUT2D eigenvalue weighted by Crippen LogP contribution is -2.34. The lowest BCUT2D eigenvalue weighted by atomic mass is 9.93. The first-order chi connectivity index (χ1) is 16.4. The fraction of sp³-hybridized carbons (Fsp3) is 0.269. The Morgan fingerprint density at radius 3 is 2.47 bits per heavy atom. The van der Waals surface area contributed by atoms with Crippen molar-refractivity contribution in [3.8, 4) is 28.0 Å². The van der Waals surface area contributed by atoms with Crippen molar-refractivity contribution < 1.29 is 17.9 Å². The van der Waals surface area contributed by atoms with Crippen molar-refractivity contribution in [2.75, 3.05) is 25.4 Å². The largest absolute Gasteiger partial charge is 0.487 e. The Bertz CT molecular complexity index is 1270. The summed E-state index contributed by atoms with van der Waals surface area (Å²) in [4.78, 5) is 3.79. The van der Waals surface area contributed by atoms with Gasteiger partial charge in [-0.3, -0.25) is 0 Å². The fourth-order valence-corrected chi connectivity index (χ4v) is 4.55. The highest BCUT2D eigenvalue weighted by atomic mass is 19.2. The number of rotatable bonds is 4. The number of hydrogen-bond donors (Lipinski definition) is 3. The topological polar surface area (TPSA) is 72.2 Å². The number of hydrogen-bond acceptors (Lipinski definition) is 5. The summed E-state index contributed by atoms with van der Waals surface area (Å²) in [6.07, 6.45) is 2.00. The minimum Gasteiger partial charge on any atom is -0.487 e.